The first-order valence-corrected chi connectivity index (χ1v) is 6.22. The lowest BCUT2D eigenvalue weighted by Gasteiger charge is -2.00. The van der Waals surface area contributed by atoms with E-state index in [1.165, 1.54) is 11.1 Å². The van der Waals surface area contributed by atoms with Gasteiger partial charge in [0.15, 0.2) is 0 Å². The molecule has 0 aliphatic heterocycles. The van der Waals surface area contributed by atoms with Crippen molar-refractivity contribution in [2.45, 2.75) is 53.4 Å². The minimum atomic E-state index is 0.737. The zero-order valence-corrected chi connectivity index (χ0v) is 11.5. The third-order valence-corrected chi connectivity index (χ3v) is 2.47. The van der Waals surface area contributed by atoms with Gasteiger partial charge in [0.1, 0.15) is 0 Å². The second-order valence-corrected chi connectivity index (χ2v) is 4.50. The minimum absolute atomic E-state index is 0.737. The van der Waals surface area contributed by atoms with Crippen LogP contribution >= 0.6 is 0 Å². The third kappa shape index (κ3) is 9.61. The van der Waals surface area contributed by atoms with Gasteiger partial charge in [-0.25, -0.2) is 0 Å². The molecule has 2 heteroatoms. The lowest BCUT2D eigenvalue weighted by Crippen LogP contribution is -1.92. The Balaban J connectivity index is 3.95. The molecule has 0 bridgehead atoms. The minimum Gasteiger partial charge on any atom is -0.411 e. The van der Waals surface area contributed by atoms with Crippen LogP contribution in [-0.4, -0.2) is 10.9 Å². The van der Waals surface area contributed by atoms with Crippen molar-refractivity contribution < 1.29 is 5.21 Å². The number of oxime groups is 1. The highest BCUT2D eigenvalue weighted by molar-refractivity contribution is 5.94. The lowest BCUT2D eigenvalue weighted by atomic mass is 10.1. The highest BCUT2D eigenvalue weighted by Gasteiger charge is 1.94. The van der Waals surface area contributed by atoms with Crippen LogP contribution in [0, 0.1) is 0 Å². The molecule has 0 spiro atoms. The van der Waals surface area contributed by atoms with E-state index in [4.69, 9.17) is 5.21 Å². The molecule has 0 aliphatic carbocycles. The van der Waals surface area contributed by atoms with Crippen LogP contribution in [0.1, 0.15) is 53.4 Å². The maximum absolute atomic E-state index is 8.73. The SMILES string of the molecule is C/C=C/C(CC/C=C(\C)CCC=C(C)C)=N\O. The Bertz CT molecular complexity index is 318. The van der Waals surface area contributed by atoms with Crippen molar-refractivity contribution in [2.75, 3.05) is 0 Å². The van der Waals surface area contributed by atoms with Gasteiger partial charge in [0.25, 0.3) is 0 Å². The van der Waals surface area contributed by atoms with Gasteiger partial charge >= 0.3 is 0 Å². The standard InChI is InChI=1S/C15H25NO/c1-5-8-15(16-17)12-7-11-14(4)10-6-9-13(2)3/h5,8-9,11,17H,6-7,10,12H2,1-4H3/b8-5+,14-11+,16-15+. The molecule has 0 aromatic heterocycles. The second-order valence-electron chi connectivity index (χ2n) is 4.50. The Hall–Kier alpha value is -1.31. The summed E-state index contributed by atoms with van der Waals surface area (Å²) >= 11 is 0. The lowest BCUT2D eigenvalue weighted by molar-refractivity contribution is 0.318. The van der Waals surface area contributed by atoms with Crippen LogP contribution in [-0.2, 0) is 0 Å². The summed E-state index contributed by atoms with van der Waals surface area (Å²) in [4.78, 5) is 0. The molecule has 0 atom stereocenters. The van der Waals surface area contributed by atoms with E-state index in [0.29, 0.717) is 0 Å². The molecule has 0 heterocycles. The summed E-state index contributed by atoms with van der Waals surface area (Å²) < 4.78 is 0. The molecule has 0 radical (unpaired) electrons. The molecular weight excluding hydrogens is 210 g/mol. The monoisotopic (exact) mass is 235 g/mol. The molecule has 2 nitrogen and oxygen atoms in total. The van der Waals surface area contributed by atoms with Gasteiger partial charge in [0.2, 0.25) is 0 Å². The van der Waals surface area contributed by atoms with Crippen molar-refractivity contribution in [3.8, 4) is 0 Å². The molecule has 0 amide bonds. The molecule has 0 aliphatic rings. The van der Waals surface area contributed by atoms with Crippen molar-refractivity contribution in [1.29, 1.82) is 0 Å². The molecule has 0 fully saturated rings. The highest BCUT2D eigenvalue weighted by Crippen LogP contribution is 2.09. The quantitative estimate of drug-likeness (QED) is 0.290. The van der Waals surface area contributed by atoms with Gasteiger partial charge in [-0.1, -0.05) is 34.5 Å². The van der Waals surface area contributed by atoms with E-state index in [9.17, 15) is 0 Å². The summed E-state index contributed by atoms with van der Waals surface area (Å²) in [5.74, 6) is 0. The van der Waals surface area contributed by atoms with Gasteiger partial charge in [0, 0.05) is 0 Å². The van der Waals surface area contributed by atoms with E-state index in [1.807, 2.05) is 19.1 Å². The maximum atomic E-state index is 8.73. The maximum Gasteiger partial charge on any atom is 0.0795 e. The number of hydrogen-bond donors (Lipinski definition) is 1. The third-order valence-electron chi connectivity index (χ3n) is 2.47. The van der Waals surface area contributed by atoms with Crippen LogP contribution in [0.15, 0.2) is 40.6 Å². The predicted molar refractivity (Wildman–Crippen MR) is 75.7 cm³/mol. The molecule has 0 rings (SSSR count). The van der Waals surface area contributed by atoms with Gasteiger partial charge in [-0.15, -0.1) is 0 Å². The van der Waals surface area contributed by atoms with Gasteiger partial charge < -0.3 is 5.21 Å². The molecule has 0 saturated heterocycles. The van der Waals surface area contributed by atoms with Gasteiger partial charge in [-0.05, 0) is 59.5 Å². The average molecular weight is 235 g/mol. The zero-order valence-electron chi connectivity index (χ0n) is 11.5. The summed E-state index contributed by atoms with van der Waals surface area (Å²) in [5, 5.41) is 12.0. The largest absolute Gasteiger partial charge is 0.411 e. The molecule has 0 saturated carbocycles. The van der Waals surface area contributed by atoms with Crippen LogP contribution in [0.25, 0.3) is 0 Å². The topological polar surface area (TPSA) is 32.6 Å². The molecule has 0 aromatic carbocycles. The molecule has 1 N–H and O–H groups in total. The smallest absolute Gasteiger partial charge is 0.0795 e. The van der Waals surface area contributed by atoms with Crippen LogP contribution in [0.5, 0.6) is 0 Å². The summed E-state index contributed by atoms with van der Waals surface area (Å²) in [7, 11) is 0. The van der Waals surface area contributed by atoms with Crippen molar-refractivity contribution in [3.05, 3.63) is 35.5 Å². The average Bonchev–Trinajstić information content (AvgIpc) is 2.27. The second kappa shape index (κ2) is 9.88. The van der Waals surface area contributed by atoms with Crippen molar-refractivity contribution in [2.24, 2.45) is 5.16 Å². The Morgan fingerprint density at radius 2 is 1.71 bits per heavy atom. The fourth-order valence-corrected chi connectivity index (χ4v) is 1.52. The number of nitrogens with zero attached hydrogens (tertiary/aromatic N) is 1. The highest BCUT2D eigenvalue weighted by atomic mass is 16.4. The number of hydrogen-bond acceptors (Lipinski definition) is 2. The first-order valence-electron chi connectivity index (χ1n) is 6.22. The summed E-state index contributed by atoms with van der Waals surface area (Å²) in [6.07, 6.45) is 12.2. The van der Waals surface area contributed by atoms with Gasteiger partial charge in [-0.3, -0.25) is 0 Å². The van der Waals surface area contributed by atoms with E-state index in [-0.39, 0.29) is 0 Å². The molecular formula is C15H25NO. The predicted octanol–water partition coefficient (Wildman–Crippen LogP) is 4.87. The summed E-state index contributed by atoms with van der Waals surface area (Å²) in [6, 6.07) is 0. The first kappa shape index (κ1) is 15.7. The van der Waals surface area contributed by atoms with Gasteiger partial charge in [-0.2, -0.15) is 0 Å². The van der Waals surface area contributed by atoms with Crippen LogP contribution in [0.2, 0.25) is 0 Å². The molecule has 96 valence electrons. The van der Waals surface area contributed by atoms with Crippen molar-refractivity contribution >= 4 is 5.71 Å². The van der Waals surface area contributed by atoms with Gasteiger partial charge in [0.05, 0.1) is 5.71 Å². The summed E-state index contributed by atoms with van der Waals surface area (Å²) in [5.41, 5.74) is 3.52. The van der Waals surface area contributed by atoms with Crippen LogP contribution < -0.4 is 0 Å². The molecule has 0 aromatic rings. The molecule has 0 unspecified atom stereocenters. The van der Waals surface area contributed by atoms with Crippen LogP contribution in [0.4, 0.5) is 0 Å². The Kier molecular flexibility index (Phi) is 9.12. The van der Waals surface area contributed by atoms with E-state index in [0.717, 1.165) is 31.4 Å². The zero-order chi connectivity index (χ0) is 13.1. The first-order chi connectivity index (χ1) is 8.10. The summed E-state index contributed by atoms with van der Waals surface area (Å²) in [6.45, 7) is 8.33. The fraction of sp³-hybridized carbons (Fsp3) is 0.533. The Morgan fingerprint density at radius 1 is 1.06 bits per heavy atom. The van der Waals surface area contributed by atoms with Crippen LogP contribution in [0.3, 0.4) is 0 Å². The fourth-order valence-electron chi connectivity index (χ4n) is 1.52. The van der Waals surface area contributed by atoms with E-state index >= 15 is 0 Å². The van der Waals surface area contributed by atoms with E-state index in [1.54, 1.807) is 0 Å². The molecule has 17 heavy (non-hydrogen) atoms. The van der Waals surface area contributed by atoms with Crippen molar-refractivity contribution in [1.82, 2.24) is 0 Å². The van der Waals surface area contributed by atoms with Crippen molar-refractivity contribution in [3.63, 3.8) is 0 Å². The van der Waals surface area contributed by atoms with E-state index < -0.39 is 0 Å². The van der Waals surface area contributed by atoms with E-state index in [2.05, 4.69) is 38.1 Å². The number of rotatable bonds is 7. The normalized spacial score (nSPS) is 13.2. The Labute approximate surface area is 105 Å². The number of allylic oxidation sites excluding steroid dienone is 6. The Morgan fingerprint density at radius 3 is 2.24 bits per heavy atom.